The van der Waals surface area contributed by atoms with Crippen molar-refractivity contribution in [3.05, 3.63) is 39.5 Å². The van der Waals surface area contributed by atoms with Gasteiger partial charge >= 0.3 is 5.97 Å². The number of sulfonamides is 1. The number of hydrogen-bond donors (Lipinski definition) is 2. The van der Waals surface area contributed by atoms with Gasteiger partial charge < -0.3 is 10.5 Å². The summed E-state index contributed by atoms with van der Waals surface area (Å²) in [4.78, 5) is 11.6. The Morgan fingerprint density at radius 3 is 2.71 bits per heavy atom. The Morgan fingerprint density at radius 2 is 2.10 bits per heavy atom. The number of carbonyl (C=O) groups is 1. The van der Waals surface area contributed by atoms with Crippen molar-refractivity contribution in [2.24, 2.45) is 0 Å². The fraction of sp³-hybridized carbons (Fsp3) is 0.0833. The first kappa shape index (κ1) is 15.6. The van der Waals surface area contributed by atoms with E-state index in [-0.39, 0.29) is 21.1 Å². The van der Waals surface area contributed by atoms with E-state index in [1.165, 1.54) is 31.4 Å². The van der Waals surface area contributed by atoms with Crippen LogP contribution in [0.3, 0.4) is 0 Å². The van der Waals surface area contributed by atoms with E-state index in [9.17, 15) is 13.2 Å². The highest BCUT2D eigenvalue weighted by atomic mass is 35.5. The zero-order valence-electron chi connectivity index (χ0n) is 10.8. The van der Waals surface area contributed by atoms with Crippen LogP contribution in [-0.2, 0) is 14.8 Å². The van der Waals surface area contributed by atoms with Crippen molar-refractivity contribution in [1.29, 1.82) is 0 Å². The molecule has 2 rings (SSSR count). The van der Waals surface area contributed by atoms with Crippen LogP contribution >= 0.6 is 22.9 Å². The van der Waals surface area contributed by atoms with Crippen molar-refractivity contribution in [3.8, 4) is 0 Å². The molecule has 3 N–H and O–H groups in total. The average Bonchev–Trinajstić information content (AvgIpc) is 2.84. The molecule has 0 amide bonds. The summed E-state index contributed by atoms with van der Waals surface area (Å²) >= 11 is 6.81. The Bertz CT molecular complexity index is 786. The number of carbonyl (C=O) groups excluding carboxylic acids is 1. The second kappa shape index (κ2) is 5.92. The molecule has 6 nitrogen and oxygen atoms in total. The number of benzene rings is 1. The number of rotatable bonds is 4. The van der Waals surface area contributed by atoms with Gasteiger partial charge in [0.15, 0.2) is 0 Å². The zero-order chi connectivity index (χ0) is 15.6. The average molecular weight is 347 g/mol. The number of nitrogen functional groups attached to an aromatic ring is 1. The molecule has 0 radical (unpaired) electrons. The lowest BCUT2D eigenvalue weighted by molar-refractivity contribution is 0.0607. The second-order valence-corrected chi connectivity index (χ2v) is 6.95. The third kappa shape index (κ3) is 3.29. The maximum absolute atomic E-state index is 12.3. The van der Waals surface area contributed by atoms with Gasteiger partial charge in [-0.3, -0.25) is 4.72 Å². The normalized spacial score (nSPS) is 11.1. The molecule has 0 aliphatic carbocycles. The van der Waals surface area contributed by atoms with Crippen LogP contribution in [-0.4, -0.2) is 21.5 Å². The molecule has 0 saturated carbocycles. The van der Waals surface area contributed by atoms with Gasteiger partial charge in [0.1, 0.15) is 9.77 Å². The van der Waals surface area contributed by atoms with Crippen LogP contribution < -0.4 is 10.5 Å². The minimum atomic E-state index is -3.93. The van der Waals surface area contributed by atoms with Crippen LogP contribution in [0.2, 0.25) is 5.02 Å². The van der Waals surface area contributed by atoms with E-state index >= 15 is 0 Å². The Labute approximate surface area is 130 Å². The van der Waals surface area contributed by atoms with Gasteiger partial charge in [-0.1, -0.05) is 11.6 Å². The number of halogens is 1. The molecular weight excluding hydrogens is 336 g/mol. The predicted molar refractivity (Wildman–Crippen MR) is 82.3 cm³/mol. The van der Waals surface area contributed by atoms with Gasteiger partial charge in [-0.25, -0.2) is 13.2 Å². The lowest BCUT2D eigenvalue weighted by Crippen LogP contribution is -2.16. The number of ether oxygens (including phenoxy) is 1. The van der Waals surface area contributed by atoms with E-state index in [2.05, 4.69) is 9.46 Å². The number of methoxy groups -OCH3 is 1. The highest BCUT2D eigenvalue weighted by Crippen LogP contribution is 2.28. The highest BCUT2D eigenvalue weighted by Gasteiger charge is 2.22. The quantitative estimate of drug-likeness (QED) is 0.654. The molecule has 2 aromatic rings. The van der Waals surface area contributed by atoms with Crippen molar-refractivity contribution in [1.82, 2.24) is 0 Å². The maximum Gasteiger partial charge on any atom is 0.350 e. The van der Waals surface area contributed by atoms with E-state index in [4.69, 9.17) is 17.3 Å². The monoisotopic (exact) mass is 346 g/mol. The van der Waals surface area contributed by atoms with Gasteiger partial charge in [-0.2, -0.15) is 0 Å². The lowest BCUT2D eigenvalue weighted by Gasteiger charge is -2.10. The van der Waals surface area contributed by atoms with Crippen molar-refractivity contribution in [3.63, 3.8) is 0 Å². The Morgan fingerprint density at radius 1 is 1.38 bits per heavy atom. The van der Waals surface area contributed by atoms with Gasteiger partial charge in [0.05, 0.1) is 18.5 Å². The maximum atomic E-state index is 12.3. The third-order valence-corrected chi connectivity index (χ3v) is 5.11. The molecule has 1 aromatic heterocycles. The van der Waals surface area contributed by atoms with Gasteiger partial charge in [0, 0.05) is 5.02 Å². The van der Waals surface area contributed by atoms with Gasteiger partial charge in [-0.05, 0) is 29.6 Å². The molecular formula is C12H11ClN2O4S2. The summed E-state index contributed by atoms with van der Waals surface area (Å²) in [5, 5.41) is 1.91. The minimum Gasteiger partial charge on any atom is -0.465 e. The van der Waals surface area contributed by atoms with Crippen molar-refractivity contribution in [2.45, 2.75) is 4.90 Å². The van der Waals surface area contributed by atoms with Gasteiger partial charge in [0.25, 0.3) is 10.0 Å². The van der Waals surface area contributed by atoms with Crippen molar-refractivity contribution in [2.75, 3.05) is 17.6 Å². The lowest BCUT2D eigenvalue weighted by atomic mass is 10.3. The largest absolute Gasteiger partial charge is 0.465 e. The third-order valence-electron chi connectivity index (χ3n) is 2.54. The van der Waals surface area contributed by atoms with Crippen LogP contribution in [0.1, 0.15) is 9.67 Å². The molecule has 0 atom stereocenters. The number of thiophene rings is 1. The number of anilines is 2. The number of esters is 1. The van der Waals surface area contributed by atoms with Crippen LogP contribution in [0.15, 0.2) is 34.5 Å². The molecule has 0 aliphatic rings. The first-order chi connectivity index (χ1) is 9.85. The van der Waals surface area contributed by atoms with Crippen LogP contribution in [0.4, 0.5) is 11.4 Å². The van der Waals surface area contributed by atoms with Crippen LogP contribution in [0.5, 0.6) is 0 Å². The van der Waals surface area contributed by atoms with Crippen LogP contribution in [0.25, 0.3) is 0 Å². The zero-order valence-corrected chi connectivity index (χ0v) is 13.2. The standard InChI is InChI=1S/C12H11ClN2O4S2/c1-19-12(16)11-9(4-5-20-11)15-21(17,18)10-3-2-7(13)6-8(10)14/h2-6,15H,14H2,1H3. The van der Waals surface area contributed by atoms with E-state index in [1.807, 2.05) is 0 Å². The van der Waals surface area contributed by atoms with E-state index in [0.717, 1.165) is 11.3 Å². The van der Waals surface area contributed by atoms with Gasteiger partial charge in [0.2, 0.25) is 0 Å². The Hall–Kier alpha value is -1.77. The summed E-state index contributed by atoms with van der Waals surface area (Å²) < 4.78 is 31.5. The molecule has 0 unspecified atom stereocenters. The molecule has 0 bridgehead atoms. The molecule has 0 aliphatic heterocycles. The van der Waals surface area contributed by atoms with Crippen molar-refractivity contribution >= 4 is 50.3 Å². The van der Waals surface area contributed by atoms with Gasteiger partial charge in [-0.15, -0.1) is 11.3 Å². The summed E-state index contributed by atoms with van der Waals surface area (Å²) in [7, 11) is -2.71. The molecule has 1 aromatic carbocycles. The smallest absolute Gasteiger partial charge is 0.350 e. The SMILES string of the molecule is COC(=O)c1sccc1NS(=O)(=O)c1ccc(Cl)cc1N. The molecule has 9 heteroatoms. The highest BCUT2D eigenvalue weighted by molar-refractivity contribution is 7.93. The Balaban J connectivity index is 2.38. The summed E-state index contributed by atoms with van der Waals surface area (Å²) in [5.74, 6) is -0.619. The summed E-state index contributed by atoms with van der Waals surface area (Å²) in [6, 6.07) is 5.52. The summed E-state index contributed by atoms with van der Waals surface area (Å²) in [6.45, 7) is 0. The predicted octanol–water partition coefficient (Wildman–Crippen LogP) is 2.57. The molecule has 0 fully saturated rings. The number of nitrogens with one attached hydrogen (secondary N) is 1. The molecule has 21 heavy (non-hydrogen) atoms. The fourth-order valence-electron chi connectivity index (χ4n) is 1.60. The fourth-order valence-corrected chi connectivity index (χ4v) is 3.80. The molecule has 1 heterocycles. The molecule has 0 saturated heterocycles. The van der Waals surface area contributed by atoms with E-state index in [0.29, 0.717) is 5.02 Å². The molecule has 0 spiro atoms. The van der Waals surface area contributed by atoms with E-state index < -0.39 is 16.0 Å². The minimum absolute atomic E-state index is 0.0184. The second-order valence-electron chi connectivity index (χ2n) is 3.94. The van der Waals surface area contributed by atoms with E-state index in [1.54, 1.807) is 5.38 Å². The summed E-state index contributed by atoms with van der Waals surface area (Å²) in [6.07, 6.45) is 0. The number of nitrogens with two attached hydrogens (primary N) is 1. The topological polar surface area (TPSA) is 98.5 Å². The van der Waals surface area contributed by atoms with Crippen molar-refractivity contribution < 1.29 is 17.9 Å². The first-order valence-corrected chi connectivity index (χ1v) is 8.33. The Kier molecular flexibility index (Phi) is 4.40. The summed E-state index contributed by atoms with van der Waals surface area (Å²) in [5.41, 5.74) is 5.83. The number of hydrogen-bond acceptors (Lipinski definition) is 6. The molecule has 112 valence electrons. The van der Waals surface area contributed by atoms with Crippen LogP contribution in [0, 0.1) is 0 Å². The first-order valence-electron chi connectivity index (χ1n) is 5.59.